The van der Waals surface area contributed by atoms with Crippen molar-refractivity contribution in [3.63, 3.8) is 0 Å². The van der Waals surface area contributed by atoms with Crippen LogP contribution in [0.4, 0.5) is 0 Å². The number of nitrogens with zero attached hydrogens (tertiary/aromatic N) is 1. The Bertz CT molecular complexity index is 431. The molecule has 0 aliphatic rings. The topological polar surface area (TPSA) is 52.6 Å². The largest absolute Gasteiger partial charge is 0.508 e. The van der Waals surface area contributed by atoms with Crippen molar-refractivity contribution in [1.29, 1.82) is 0 Å². The number of benzene rings is 1. The fraction of sp³-hybridized carbons (Fsp3) is 0.588. The summed E-state index contributed by atoms with van der Waals surface area (Å²) < 4.78 is 0. The summed E-state index contributed by atoms with van der Waals surface area (Å²) in [6.07, 6.45) is 2.40. The number of phenolic OH excluding ortho intramolecular Hbond substituents is 1. The molecule has 0 heterocycles. The van der Waals surface area contributed by atoms with Gasteiger partial charge in [-0.2, -0.15) is 0 Å². The number of aromatic hydroxyl groups is 1. The van der Waals surface area contributed by atoms with Gasteiger partial charge in [-0.25, -0.2) is 0 Å². The molecule has 21 heavy (non-hydrogen) atoms. The normalized spacial score (nSPS) is 12.4. The van der Waals surface area contributed by atoms with Gasteiger partial charge in [0.05, 0.1) is 6.42 Å². The molecule has 118 valence electrons. The van der Waals surface area contributed by atoms with Crippen molar-refractivity contribution >= 4 is 5.91 Å². The van der Waals surface area contributed by atoms with E-state index in [2.05, 4.69) is 24.1 Å². The maximum atomic E-state index is 11.9. The molecule has 1 aromatic rings. The quantitative estimate of drug-likeness (QED) is 0.735. The third-order valence-electron chi connectivity index (χ3n) is 3.69. The smallest absolute Gasteiger partial charge is 0.224 e. The van der Waals surface area contributed by atoms with Crippen LogP contribution in [-0.2, 0) is 11.2 Å². The summed E-state index contributed by atoms with van der Waals surface area (Å²) in [5.41, 5.74) is 0.836. The molecule has 4 nitrogen and oxygen atoms in total. The van der Waals surface area contributed by atoms with Gasteiger partial charge in [-0.1, -0.05) is 26.0 Å². The first-order chi connectivity index (χ1) is 10.0. The van der Waals surface area contributed by atoms with Gasteiger partial charge in [-0.05, 0) is 57.1 Å². The van der Waals surface area contributed by atoms with Crippen molar-refractivity contribution < 1.29 is 9.90 Å². The first-order valence-corrected chi connectivity index (χ1v) is 7.84. The van der Waals surface area contributed by atoms with Crippen molar-refractivity contribution in [3.8, 4) is 5.75 Å². The Morgan fingerprint density at radius 1 is 1.33 bits per heavy atom. The maximum absolute atomic E-state index is 11.9. The third kappa shape index (κ3) is 7.14. The number of carbonyl (C=O) groups excluding carboxylic acids is 1. The van der Waals surface area contributed by atoms with E-state index in [-0.39, 0.29) is 17.7 Å². The first-order valence-electron chi connectivity index (χ1n) is 7.84. The molecule has 0 bridgehead atoms. The molecule has 0 radical (unpaired) electrons. The number of phenols is 1. The van der Waals surface area contributed by atoms with Gasteiger partial charge in [0.25, 0.3) is 0 Å². The molecule has 0 saturated heterocycles. The molecule has 1 amide bonds. The van der Waals surface area contributed by atoms with E-state index in [0.29, 0.717) is 6.42 Å². The third-order valence-corrected chi connectivity index (χ3v) is 3.69. The van der Waals surface area contributed by atoms with Crippen LogP contribution in [0.1, 0.15) is 39.2 Å². The van der Waals surface area contributed by atoms with E-state index in [1.807, 2.05) is 13.0 Å². The molecule has 0 aliphatic heterocycles. The molecule has 4 heteroatoms. The minimum absolute atomic E-state index is 0.0101. The summed E-state index contributed by atoms with van der Waals surface area (Å²) in [6, 6.07) is 7.03. The standard InChI is InChI=1S/C17H28N2O2/c1-4-19(5-2)11-7-8-14(3)18-17(21)13-15-9-6-10-16(20)12-15/h6,9-10,12,14,20H,4-5,7-8,11,13H2,1-3H3,(H,18,21). The minimum Gasteiger partial charge on any atom is -0.508 e. The lowest BCUT2D eigenvalue weighted by Gasteiger charge is -2.19. The molecule has 0 fully saturated rings. The highest BCUT2D eigenvalue weighted by Gasteiger charge is 2.09. The van der Waals surface area contributed by atoms with E-state index >= 15 is 0 Å². The summed E-state index contributed by atoms with van der Waals surface area (Å²) in [6.45, 7) is 9.62. The van der Waals surface area contributed by atoms with E-state index in [0.717, 1.165) is 38.0 Å². The monoisotopic (exact) mass is 292 g/mol. The summed E-state index contributed by atoms with van der Waals surface area (Å²) in [7, 11) is 0. The SMILES string of the molecule is CCN(CC)CCCC(C)NC(=O)Cc1cccc(O)c1. The molecular formula is C17H28N2O2. The van der Waals surface area contributed by atoms with Crippen molar-refractivity contribution in [2.75, 3.05) is 19.6 Å². The molecule has 1 rings (SSSR count). The van der Waals surface area contributed by atoms with E-state index in [1.165, 1.54) is 0 Å². The van der Waals surface area contributed by atoms with E-state index in [1.54, 1.807) is 18.2 Å². The number of rotatable bonds is 9. The highest BCUT2D eigenvalue weighted by atomic mass is 16.3. The van der Waals surface area contributed by atoms with E-state index in [4.69, 9.17) is 0 Å². The van der Waals surface area contributed by atoms with Gasteiger partial charge in [0, 0.05) is 6.04 Å². The molecule has 0 saturated carbocycles. The Labute approximate surface area is 128 Å². The zero-order chi connectivity index (χ0) is 15.7. The van der Waals surface area contributed by atoms with Crippen LogP contribution < -0.4 is 5.32 Å². The summed E-state index contributed by atoms with van der Waals surface area (Å²) in [4.78, 5) is 14.3. The lowest BCUT2D eigenvalue weighted by Crippen LogP contribution is -2.34. The Balaban J connectivity index is 2.27. The van der Waals surface area contributed by atoms with Crippen LogP contribution in [0.25, 0.3) is 0 Å². The van der Waals surface area contributed by atoms with Crippen LogP contribution in [0.3, 0.4) is 0 Å². The highest BCUT2D eigenvalue weighted by Crippen LogP contribution is 2.11. The molecule has 0 spiro atoms. The van der Waals surface area contributed by atoms with Crippen LogP contribution >= 0.6 is 0 Å². The second kappa shape index (κ2) is 9.40. The lowest BCUT2D eigenvalue weighted by molar-refractivity contribution is -0.121. The predicted octanol–water partition coefficient (Wildman–Crippen LogP) is 2.56. The number of hydrogen-bond donors (Lipinski definition) is 2. The van der Waals surface area contributed by atoms with Gasteiger partial charge in [0.15, 0.2) is 0 Å². The summed E-state index contributed by atoms with van der Waals surface area (Å²) in [5, 5.41) is 12.4. The van der Waals surface area contributed by atoms with Crippen molar-refractivity contribution in [3.05, 3.63) is 29.8 Å². The van der Waals surface area contributed by atoms with Crippen molar-refractivity contribution in [2.45, 2.75) is 46.1 Å². The van der Waals surface area contributed by atoms with Gasteiger partial charge >= 0.3 is 0 Å². The van der Waals surface area contributed by atoms with Crippen molar-refractivity contribution in [2.24, 2.45) is 0 Å². The van der Waals surface area contributed by atoms with Crippen LogP contribution in [0, 0.1) is 0 Å². The van der Waals surface area contributed by atoms with Crippen LogP contribution in [-0.4, -0.2) is 41.6 Å². The molecule has 1 unspecified atom stereocenters. The second-order valence-electron chi connectivity index (χ2n) is 5.48. The van der Waals surface area contributed by atoms with E-state index < -0.39 is 0 Å². The van der Waals surface area contributed by atoms with Gasteiger partial charge in [-0.15, -0.1) is 0 Å². The minimum atomic E-state index is 0.0101. The van der Waals surface area contributed by atoms with Gasteiger partial charge in [-0.3, -0.25) is 4.79 Å². The fourth-order valence-electron chi connectivity index (χ4n) is 2.41. The molecule has 1 aromatic carbocycles. The fourth-order valence-corrected chi connectivity index (χ4v) is 2.41. The second-order valence-corrected chi connectivity index (χ2v) is 5.48. The average molecular weight is 292 g/mol. The maximum Gasteiger partial charge on any atom is 0.224 e. The molecule has 0 aliphatic carbocycles. The predicted molar refractivity (Wildman–Crippen MR) is 86.4 cm³/mol. The van der Waals surface area contributed by atoms with Gasteiger partial charge in [0.1, 0.15) is 5.75 Å². The Morgan fingerprint density at radius 2 is 2.05 bits per heavy atom. The van der Waals surface area contributed by atoms with Crippen molar-refractivity contribution in [1.82, 2.24) is 10.2 Å². The Kier molecular flexibility index (Phi) is 7.83. The van der Waals surface area contributed by atoms with Gasteiger partial charge < -0.3 is 15.3 Å². The number of nitrogens with one attached hydrogen (secondary N) is 1. The van der Waals surface area contributed by atoms with Crippen LogP contribution in [0.15, 0.2) is 24.3 Å². The molecule has 1 atom stereocenters. The van der Waals surface area contributed by atoms with E-state index in [9.17, 15) is 9.90 Å². The zero-order valence-corrected chi connectivity index (χ0v) is 13.4. The molecule has 2 N–H and O–H groups in total. The van der Waals surface area contributed by atoms with Crippen LogP contribution in [0.5, 0.6) is 5.75 Å². The summed E-state index contributed by atoms with van der Waals surface area (Å²) in [5.74, 6) is 0.212. The highest BCUT2D eigenvalue weighted by molar-refractivity contribution is 5.78. The molecule has 0 aromatic heterocycles. The summed E-state index contributed by atoms with van der Waals surface area (Å²) >= 11 is 0. The Hall–Kier alpha value is -1.55. The van der Waals surface area contributed by atoms with Crippen LogP contribution in [0.2, 0.25) is 0 Å². The number of amides is 1. The zero-order valence-electron chi connectivity index (χ0n) is 13.4. The first kappa shape index (κ1) is 17.5. The number of hydrogen-bond acceptors (Lipinski definition) is 3. The molecular weight excluding hydrogens is 264 g/mol. The number of carbonyl (C=O) groups is 1. The average Bonchev–Trinajstić information content (AvgIpc) is 2.43. The Morgan fingerprint density at radius 3 is 2.67 bits per heavy atom. The van der Waals surface area contributed by atoms with Gasteiger partial charge in [0.2, 0.25) is 5.91 Å². The lowest BCUT2D eigenvalue weighted by atomic mass is 10.1.